The molecule has 8 nitrogen and oxygen atoms in total. The number of carbonyl (C=O) groups excluding carboxylic acids is 3. The van der Waals surface area contributed by atoms with Crippen molar-refractivity contribution in [1.82, 2.24) is 0 Å². The average Bonchev–Trinajstić information content (AvgIpc) is 3.29. The Morgan fingerprint density at radius 2 is 1.84 bits per heavy atom. The molecule has 2 amide bonds. The molecule has 4 rings (SSSR count). The third-order valence-electron chi connectivity index (χ3n) is 6.93. The molecule has 2 aliphatic rings. The van der Waals surface area contributed by atoms with Crippen LogP contribution in [0.2, 0.25) is 0 Å². The molecule has 0 fully saturated rings. The molecule has 38 heavy (non-hydrogen) atoms. The van der Waals surface area contributed by atoms with Crippen LogP contribution < -0.4 is 10.6 Å². The summed E-state index contributed by atoms with van der Waals surface area (Å²) in [6.45, 7) is 1.92. The predicted molar refractivity (Wildman–Crippen MR) is 149 cm³/mol. The number of thiophene rings is 1. The van der Waals surface area contributed by atoms with E-state index in [1.807, 2.05) is 19.1 Å². The van der Waals surface area contributed by atoms with Gasteiger partial charge in [0.05, 0.1) is 29.8 Å². The summed E-state index contributed by atoms with van der Waals surface area (Å²) in [5.74, 6) is -3.31. The van der Waals surface area contributed by atoms with Gasteiger partial charge in [-0.1, -0.05) is 25.1 Å². The van der Waals surface area contributed by atoms with Crippen molar-refractivity contribution in [3.8, 4) is 0 Å². The van der Waals surface area contributed by atoms with Gasteiger partial charge in [-0.15, -0.1) is 23.1 Å². The lowest BCUT2D eigenvalue weighted by Gasteiger charge is -2.24. The summed E-state index contributed by atoms with van der Waals surface area (Å²) in [7, 11) is 1.35. The topological polar surface area (TPSA) is 122 Å². The zero-order chi connectivity index (χ0) is 27.2. The molecule has 3 atom stereocenters. The second-order valence-corrected chi connectivity index (χ2v) is 11.8. The number of hydrogen-bond donors (Lipinski definition) is 3. The molecule has 0 aliphatic heterocycles. The van der Waals surface area contributed by atoms with Crippen molar-refractivity contribution in [3.05, 3.63) is 52.4 Å². The summed E-state index contributed by atoms with van der Waals surface area (Å²) >= 11 is 2.83. The first-order valence-corrected chi connectivity index (χ1v) is 14.5. The lowest BCUT2D eigenvalue weighted by molar-refractivity contribution is -0.146. The molecule has 202 valence electrons. The first-order valence-electron chi connectivity index (χ1n) is 12.8. The van der Waals surface area contributed by atoms with E-state index in [1.165, 1.54) is 30.2 Å². The third kappa shape index (κ3) is 6.30. The normalized spacial score (nSPS) is 19.2. The zero-order valence-electron chi connectivity index (χ0n) is 21.5. The molecule has 2 aromatic rings. The number of carboxylic acid groups (broad SMARTS) is 1. The number of allylic oxidation sites excluding steroid dienone is 2. The Hall–Kier alpha value is -3.11. The minimum absolute atomic E-state index is 0.200. The third-order valence-corrected chi connectivity index (χ3v) is 9.49. The van der Waals surface area contributed by atoms with Crippen molar-refractivity contribution in [2.24, 2.45) is 11.8 Å². The molecule has 1 aromatic heterocycles. The number of benzene rings is 1. The Labute approximate surface area is 230 Å². The smallest absolute Gasteiger partial charge is 0.341 e. The lowest BCUT2D eigenvalue weighted by Crippen LogP contribution is -2.34. The van der Waals surface area contributed by atoms with Gasteiger partial charge in [0.15, 0.2) is 0 Å². The summed E-state index contributed by atoms with van der Waals surface area (Å²) in [6, 6.07) is 7.19. The highest BCUT2D eigenvalue weighted by Crippen LogP contribution is 2.39. The quantitative estimate of drug-likeness (QED) is 0.211. The number of thioether (sulfide) groups is 1. The van der Waals surface area contributed by atoms with E-state index in [2.05, 4.69) is 10.6 Å². The number of esters is 1. The summed E-state index contributed by atoms with van der Waals surface area (Å²) < 4.78 is 5.01. The van der Waals surface area contributed by atoms with Crippen molar-refractivity contribution in [1.29, 1.82) is 0 Å². The van der Waals surface area contributed by atoms with Crippen LogP contribution in [0.15, 0.2) is 41.3 Å². The number of anilines is 2. The van der Waals surface area contributed by atoms with Gasteiger partial charge in [-0.05, 0) is 68.7 Å². The molecule has 1 heterocycles. The number of rotatable bonds is 9. The molecule has 2 aliphatic carbocycles. The number of nitrogens with one attached hydrogen (secondary N) is 2. The largest absolute Gasteiger partial charge is 0.481 e. The van der Waals surface area contributed by atoms with Crippen LogP contribution in [-0.2, 0) is 32.0 Å². The highest BCUT2D eigenvalue weighted by Gasteiger charge is 2.34. The van der Waals surface area contributed by atoms with E-state index >= 15 is 0 Å². The van der Waals surface area contributed by atoms with E-state index in [0.717, 1.165) is 41.0 Å². The van der Waals surface area contributed by atoms with Crippen LogP contribution in [0.1, 0.15) is 59.8 Å². The molecular weight excluding hydrogens is 524 g/mol. The number of methoxy groups -OCH3 is 1. The average molecular weight is 557 g/mol. The van der Waals surface area contributed by atoms with Crippen LogP contribution in [0.4, 0.5) is 10.7 Å². The Balaban J connectivity index is 1.45. The molecule has 0 spiro atoms. The van der Waals surface area contributed by atoms with Crippen LogP contribution in [-0.4, -0.2) is 41.2 Å². The number of aryl methyl sites for hydroxylation is 1. The molecule has 0 radical (unpaired) electrons. The van der Waals surface area contributed by atoms with Crippen LogP contribution in [0.5, 0.6) is 0 Å². The van der Waals surface area contributed by atoms with E-state index < -0.39 is 29.0 Å². The monoisotopic (exact) mass is 556 g/mol. The van der Waals surface area contributed by atoms with Gasteiger partial charge in [-0.25, -0.2) is 4.79 Å². The van der Waals surface area contributed by atoms with Gasteiger partial charge in [0.1, 0.15) is 5.00 Å². The SMILES string of the molecule is CCC(Sc1cccc(NC(=O)C2CC=CCC2C(=O)O)c1)C(=O)Nc1sc2c(c1C(=O)OC)CCCC2. The number of amides is 2. The van der Waals surface area contributed by atoms with Crippen LogP contribution in [0.25, 0.3) is 0 Å². The van der Waals surface area contributed by atoms with Gasteiger partial charge >= 0.3 is 11.9 Å². The first kappa shape index (κ1) is 27.9. The predicted octanol–water partition coefficient (Wildman–Crippen LogP) is 5.53. The molecule has 0 bridgehead atoms. The Bertz CT molecular complexity index is 1250. The molecule has 10 heteroatoms. The molecule has 1 aromatic carbocycles. The fraction of sp³-hybridized carbons (Fsp3) is 0.429. The van der Waals surface area contributed by atoms with Crippen molar-refractivity contribution >= 4 is 57.5 Å². The summed E-state index contributed by atoms with van der Waals surface area (Å²) in [4.78, 5) is 52.2. The standard InChI is InChI=1S/C28H32N2O6S2/c1-3-21(25(32)30-26-23(28(35)36-2)20-13-6-7-14-22(20)38-26)37-17-10-8-9-16(15-17)29-24(31)18-11-4-5-12-19(18)27(33)34/h4-5,8-10,15,18-19,21H,3,6-7,11-14H2,1-2H3,(H,29,31)(H,30,32)(H,33,34). The fourth-order valence-electron chi connectivity index (χ4n) is 4.91. The van der Waals surface area contributed by atoms with Crippen molar-refractivity contribution in [2.75, 3.05) is 17.7 Å². The van der Waals surface area contributed by atoms with Gasteiger partial charge in [-0.3, -0.25) is 14.4 Å². The van der Waals surface area contributed by atoms with E-state index in [-0.39, 0.29) is 11.8 Å². The maximum atomic E-state index is 13.3. The number of fused-ring (bicyclic) bond motifs is 1. The van der Waals surface area contributed by atoms with Gasteiger partial charge in [0, 0.05) is 15.5 Å². The summed E-state index contributed by atoms with van der Waals surface area (Å²) in [5, 5.41) is 15.4. The first-order chi connectivity index (χ1) is 18.3. The fourth-order valence-corrected chi connectivity index (χ4v) is 7.20. The second-order valence-electron chi connectivity index (χ2n) is 9.42. The summed E-state index contributed by atoms with van der Waals surface area (Å²) in [5.41, 5.74) is 2.02. The van der Waals surface area contributed by atoms with Crippen molar-refractivity contribution < 1.29 is 29.0 Å². The molecule has 0 saturated heterocycles. The Morgan fingerprint density at radius 3 is 2.55 bits per heavy atom. The highest BCUT2D eigenvalue weighted by atomic mass is 32.2. The summed E-state index contributed by atoms with van der Waals surface area (Å²) in [6.07, 6.45) is 8.70. The Morgan fingerprint density at radius 1 is 1.11 bits per heavy atom. The number of ether oxygens (including phenoxy) is 1. The second kappa shape index (κ2) is 12.6. The van der Waals surface area contributed by atoms with Crippen LogP contribution in [0.3, 0.4) is 0 Å². The number of aliphatic carboxylic acids is 1. The molecular formula is C28H32N2O6S2. The molecule has 0 saturated carbocycles. The zero-order valence-corrected chi connectivity index (χ0v) is 23.1. The number of carboxylic acids is 1. The van der Waals surface area contributed by atoms with E-state index in [9.17, 15) is 24.3 Å². The van der Waals surface area contributed by atoms with E-state index in [1.54, 1.807) is 24.3 Å². The highest BCUT2D eigenvalue weighted by molar-refractivity contribution is 8.00. The molecule has 3 unspecified atom stereocenters. The minimum atomic E-state index is -0.974. The lowest BCUT2D eigenvalue weighted by atomic mass is 9.82. The van der Waals surface area contributed by atoms with Gasteiger partial charge in [0.25, 0.3) is 0 Å². The minimum Gasteiger partial charge on any atom is -0.481 e. The van der Waals surface area contributed by atoms with Gasteiger partial charge in [0.2, 0.25) is 11.8 Å². The van der Waals surface area contributed by atoms with Crippen molar-refractivity contribution in [3.63, 3.8) is 0 Å². The van der Waals surface area contributed by atoms with Crippen LogP contribution in [0, 0.1) is 11.8 Å². The van der Waals surface area contributed by atoms with Crippen LogP contribution >= 0.6 is 23.1 Å². The van der Waals surface area contributed by atoms with Gasteiger partial charge < -0.3 is 20.5 Å². The Kier molecular flexibility index (Phi) is 9.27. The van der Waals surface area contributed by atoms with Crippen molar-refractivity contribution in [2.45, 2.75) is 62.0 Å². The number of hydrogen-bond acceptors (Lipinski definition) is 7. The molecule has 3 N–H and O–H groups in total. The number of carbonyl (C=O) groups is 4. The van der Waals surface area contributed by atoms with E-state index in [4.69, 9.17) is 4.74 Å². The maximum absolute atomic E-state index is 13.3. The van der Waals surface area contributed by atoms with Gasteiger partial charge in [-0.2, -0.15) is 0 Å². The maximum Gasteiger partial charge on any atom is 0.341 e. The van der Waals surface area contributed by atoms with E-state index in [0.29, 0.717) is 35.5 Å².